The number of rotatable bonds is 14. The fourth-order valence-electron chi connectivity index (χ4n) is 6.04. The Bertz CT molecular complexity index is 1490. The van der Waals surface area contributed by atoms with Gasteiger partial charge in [0.25, 0.3) is 0 Å². The van der Waals surface area contributed by atoms with Crippen LogP contribution >= 0.6 is 0 Å². The summed E-state index contributed by atoms with van der Waals surface area (Å²) in [5.41, 5.74) is 7.05. The van der Waals surface area contributed by atoms with Crippen molar-refractivity contribution in [2.45, 2.75) is 31.6 Å². The van der Waals surface area contributed by atoms with E-state index >= 15 is 0 Å². The van der Waals surface area contributed by atoms with E-state index in [4.69, 9.17) is 18.9 Å². The van der Waals surface area contributed by atoms with Gasteiger partial charge in [0.2, 0.25) is 0 Å². The van der Waals surface area contributed by atoms with E-state index in [0.717, 1.165) is 41.2 Å². The molecule has 1 atom stereocenters. The van der Waals surface area contributed by atoms with E-state index in [1.165, 1.54) is 22.3 Å². The Hall–Kier alpha value is -4.84. The minimum absolute atomic E-state index is 0.285. The predicted octanol–water partition coefficient (Wildman–Crippen LogP) is 7.38. The summed E-state index contributed by atoms with van der Waals surface area (Å²) in [6.07, 6.45) is 9.11. The van der Waals surface area contributed by atoms with Crippen molar-refractivity contribution in [1.29, 1.82) is 0 Å². The molecule has 0 radical (unpaired) electrons. The van der Waals surface area contributed by atoms with Crippen molar-refractivity contribution in [2.75, 3.05) is 26.4 Å². The van der Waals surface area contributed by atoms with Crippen molar-refractivity contribution in [3.63, 3.8) is 0 Å². The first kappa shape index (κ1) is 30.6. The van der Waals surface area contributed by atoms with Gasteiger partial charge in [-0.25, -0.2) is 9.59 Å². The summed E-state index contributed by atoms with van der Waals surface area (Å²) in [4.78, 5) is 22.5. The molecule has 3 aromatic carbocycles. The molecule has 0 amide bonds. The Morgan fingerprint density at radius 3 is 1.82 bits per heavy atom. The molecule has 0 aromatic heterocycles. The van der Waals surface area contributed by atoms with Crippen molar-refractivity contribution in [3.8, 4) is 11.5 Å². The van der Waals surface area contributed by atoms with Crippen LogP contribution in [0.1, 0.15) is 48.4 Å². The average molecular weight is 591 g/mol. The molecule has 2 aliphatic rings. The number of esters is 2. The molecule has 0 saturated carbocycles. The van der Waals surface area contributed by atoms with E-state index in [-0.39, 0.29) is 13.2 Å². The third-order valence-corrected chi connectivity index (χ3v) is 8.01. The van der Waals surface area contributed by atoms with E-state index in [1.807, 2.05) is 24.3 Å². The van der Waals surface area contributed by atoms with Crippen LogP contribution < -0.4 is 9.47 Å². The lowest BCUT2D eigenvalue weighted by Gasteiger charge is -2.36. The SMILES string of the molecule is C=CC(=O)OCCCOc1ccc(C2(c3ccc(OCCCOC(=O)C=C)cc3)C3=C(CC(C)C=C3)c3ccccc32)cc1. The molecular formula is C38H38O6. The molecule has 226 valence electrons. The fraction of sp³-hybridized carbons (Fsp3) is 0.263. The molecule has 0 spiro atoms. The molecule has 0 aliphatic heterocycles. The van der Waals surface area contributed by atoms with Gasteiger partial charge in [0.1, 0.15) is 11.5 Å². The van der Waals surface area contributed by atoms with Crippen LogP contribution in [0.25, 0.3) is 5.57 Å². The topological polar surface area (TPSA) is 71.1 Å². The van der Waals surface area contributed by atoms with Crippen LogP contribution in [0.5, 0.6) is 11.5 Å². The molecule has 0 fully saturated rings. The molecule has 0 N–H and O–H groups in total. The highest BCUT2D eigenvalue weighted by molar-refractivity contribution is 5.88. The van der Waals surface area contributed by atoms with Crippen LogP contribution in [0.4, 0.5) is 0 Å². The van der Waals surface area contributed by atoms with Crippen LogP contribution in [0.3, 0.4) is 0 Å². The summed E-state index contributed by atoms with van der Waals surface area (Å²) < 4.78 is 22.0. The van der Waals surface area contributed by atoms with Crippen LogP contribution in [0.2, 0.25) is 0 Å². The standard InChI is InChI=1S/C38H38O6/c1-4-36(39)43-24-8-22-41-30-17-13-28(14-18-30)38(29-15-19-31(20-16-29)42-23-9-25-44-37(40)5-2)34-11-7-6-10-32(34)33-26-27(3)12-21-35(33)38/h4-7,10-21,27H,1-2,8-9,22-26H2,3H3. The zero-order valence-corrected chi connectivity index (χ0v) is 25.1. The van der Waals surface area contributed by atoms with E-state index in [9.17, 15) is 9.59 Å². The molecule has 3 aromatic rings. The van der Waals surface area contributed by atoms with Crippen molar-refractivity contribution in [1.82, 2.24) is 0 Å². The summed E-state index contributed by atoms with van der Waals surface area (Å²) >= 11 is 0. The Labute approximate surface area is 259 Å². The quantitative estimate of drug-likeness (QED) is 0.111. The summed E-state index contributed by atoms with van der Waals surface area (Å²) in [6, 6.07) is 25.4. The lowest BCUT2D eigenvalue weighted by Crippen LogP contribution is -2.29. The van der Waals surface area contributed by atoms with Gasteiger partial charge in [0, 0.05) is 25.0 Å². The maximum atomic E-state index is 11.3. The Kier molecular flexibility index (Phi) is 9.80. The second-order valence-corrected chi connectivity index (χ2v) is 10.9. The third kappa shape index (κ3) is 6.40. The Morgan fingerprint density at radius 1 is 0.773 bits per heavy atom. The minimum Gasteiger partial charge on any atom is -0.493 e. The first-order valence-electron chi connectivity index (χ1n) is 15.0. The maximum Gasteiger partial charge on any atom is 0.330 e. The molecule has 5 rings (SSSR count). The van der Waals surface area contributed by atoms with E-state index < -0.39 is 17.4 Å². The smallest absolute Gasteiger partial charge is 0.330 e. The highest BCUT2D eigenvalue weighted by Gasteiger charge is 2.47. The molecule has 2 aliphatic carbocycles. The van der Waals surface area contributed by atoms with E-state index in [0.29, 0.717) is 32.0 Å². The Morgan fingerprint density at radius 2 is 1.30 bits per heavy atom. The number of hydrogen-bond donors (Lipinski definition) is 0. The monoisotopic (exact) mass is 590 g/mol. The predicted molar refractivity (Wildman–Crippen MR) is 172 cm³/mol. The molecule has 44 heavy (non-hydrogen) atoms. The number of fused-ring (bicyclic) bond motifs is 2. The molecule has 6 nitrogen and oxygen atoms in total. The van der Waals surface area contributed by atoms with E-state index in [1.54, 1.807) is 0 Å². The number of allylic oxidation sites excluding steroid dienone is 4. The van der Waals surface area contributed by atoms with Gasteiger partial charge < -0.3 is 18.9 Å². The largest absolute Gasteiger partial charge is 0.493 e. The van der Waals surface area contributed by atoms with Gasteiger partial charge >= 0.3 is 11.9 Å². The summed E-state index contributed by atoms with van der Waals surface area (Å²) in [5, 5.41) is 0. The van der Waals surface area contributed by atoms with Crippen molar-refractivity contribution in [2.24, 2.45) is 5.92 Å². The second kappa shape index (κ2) is 14.1. The normalized spacial score (nSPS) is 16.0. The fourth-order valence-corrected chi connectivity index (χ4v) is 6.04. The van der Waals surface area contributed by atoms with Crippen LogP contribution in [0.15, 0.2) is 116 Å². The molecule has 0 heterocycles. The van der Waals surface area contributed by atoms with Gasteiger partial charge in [-0.3, -0.25) is 0 Å². The lowest BCUT2D eigenvalue weighted by molar-refractivity contribution is -0.138. The van der Waals surface area contributed by atoms with Gasteiger partial charge in [-0.05, 0) is 70.0 Å². The average Bonchev–Trinajstić information content (AvgIpc) is 3.35. The minimum atomic E-state index is -0.503. The van der Waals surface area contributed by atoms with Crippen LogP contribution in [-0.2, 0) is 24.5 Å². The van der Waals surface area contributed by atoms with Gasteiger partial charge in [-0.15, -0.1) is 0 Å². The number of carbonyl (C=O) groups excluding carboxylic acids is 2. The molecule has 0 saturated heterocycles. The van der Waals surface area contributed by atoms with Gasteiger partial charge in [-0.1, -0.05) is 80.8 Å². The number of carbonyl (C=O) groups is 2. The first-order valence-corrected chi connectivity index (χ1v) is 15.0. The number of hydrogen-bond acceptors (Lipinski definition) is 6. The van der Waals surface area contributed by atoms with E-state index in [2.05, 4.69) is 80.8 Å². The molecular weight excluding hydrogens is 552 g/mol. The van der Waals surface area contributed by atoms with Crippen molar-refractivity contribution in [3.05, 3.63) is 138 Å². The lowest BCUT2D eigenvalue weighted by atomic mass is 9.66. The van der Waals surface area contributed by atoms with Crippen molar-refractivity contribution >= 4 is 17.5 Å². The van der Waals surface area contributed by atoms with Crippen LogP contribution in [-0.4, -0.2) is 38.4 Å². The third-order valence-electron chi connectivity index (χ3n) is 8.01. The zero-order chi connectivity index (χ0) is 30.9. The zero-order valence-electron chi connectivity index (χ0n) is 25.1. The molecule has 0 bridgehead atoms. The Balaban J connectivity index is 1.42. The number of ether oxygens (including phenoxy) is 4. The first-order chi connectivity index (χ1) is 21.5. The van der Waals surface area contributed by atoms with Crippen molar-refractivity contribution < 1.29 is 28.5 Å². The second-order valence-electron chi connectivity index (χ2n) is 10.9. The molecule has 6 heteroatoms. The number of benzene rings is 3. The van der Waals surface area contributed by atoms with Gasteiger partial charge in [0.15, 0.2) is 0 Å². The van der Waals surface area contributed by atoms with Gasteiger partial charge in [0.05, 0.1) is 31.8 Å². The summed E-state index contributed by atoms with van der Waals surface area (Å²) in [5.74, 6) is 1.12. The summed E-state index contributed by atoms with van der Waals surface area (Å²) in [6.45, 7) is 10.5. The van der Waals surface area contributed by atoms with Crippen LogP contribution in [0, 0.1) is 5.92 Å². The summed E-state index contributed by atoms with van der Waals surface area (Å²) in [7, 11) is 0. The maximum absolute atomic E-state index is 11.3. The van der Waals surface area contributed by atoms with Gasteiger partial charge in [-0.2, -0.15) is 0 Å². The highest BCUT2D eigenvalue weighted by Crippen LogP contribution is 2.57. The highest BCUT2D eigenvalue weighted by atomic mass is 16.5. The molecule has 1 unspecified atom stereocenters.